The Balaban J connectivity index is 1.65. The van der Waals surface area contributed by atoms with Gasteiger partial charge in [-0.1, -0.05) is 6.07 Å². The van der Waals surface area contributed by atoms with Crippen molar-refractivity contribution in [3.05, 3.63) is 23.8 Å². The molecule has 92 valence electrons. The van der Waals surface area contributed by atoms with Crippen LogP contribution in [0.2, 0.25) is 0 Å². The molecule has 2 aliphatic rings. The monoisotopic (exact) mass is 232 g/mol. The predicted octanol–water partition coefficient (Wildman–Crippen LogP) is 2.13. The third-order valence-electron chi connectivity index (χ3n) is 3.76. The molecule has 17 heavy (non-hydrogen) atoms. The zero-order valence-electron chi connectivity index (χ0n) is 10.4. The predicted molar refractivity (Wildman–Crippen MR) is 69.8 cm³/mol. The maximum absolute atomic E-state index is 6.06. The summed E-state index contributed by atoms with van der Waals surface area (Å²) in [6, 6.07) is 6.46. The number of nitrogens with zero attached hydrogens (tertiary/aromatic N) is 1. The van der Waals surface area contributed by atoms with Crippen LogP contribution in [0.1, 0.15) is 18.4 Å². The third kappa shape index (κ3) is 2.39. The second-order valence-electron chi connectivity index (χ2n) is 5.12. The fourth-order valence-electron chi connectivity index (χ4n) is 2.64. The Bertz CT molecular complexity index is 397. The van der Waals surface area contributed by atoms with E-state index in [0.29, 0.717) is 6.10 Å². The minimum absolute atomic E-state index is 0.394. The Labute approximate surface area is 103 Å². The van der Waals surface area contributed by atoms with E-state index in [1.165, 1.54) is 11.3 Å². The molecule has 0 radical (unpaired) electrons. The molecule has 0 saturated carbocycles. The van der Waals surface area contributed by atoms with Crippen LogP contribution in [0.3, 0.4) is 0 Å². The zero-order chi connectivity index (χ0) is 11.7. The Kier molecular flexibility index (Phi) is 2.93. The molecule has 3 rings (SSSR count). The maximum atomic E-state index is 6.06. The van der Waals surface area contributed by atoms with Crippen molar-refractivity contribution in [1.29, 1.82) is 0 Å². The van der Waals surface area contributed by atoms with Gasteiger partial charge in [0.05, 0.1) is 0 Å². The molecule has 0 bridgehead atoms. The first-order valence-electron chi connectivity index (χ1n) is 6.53. The molecule has 0 atom stereocenters. The number of nitrogens with one attached hydrogen (secondary N) is 1. The van der Waals surface area contributed by atoms with Gasteiger partial charge in [-0.05, 0) is 37.9 Å². The highest BCUT2D eigenvalue weighted by Gasteiger charge is 2.18. The number of hydrogen-bond acceptors (Lipinski definition) is 3. The van der Waals surface area contributed by atoms with E-state index in [2.05, 4.69) is 35.5 Å². The minimum Gasteiger partial charge on any atom is -0.490 e. The standard InChI is InChI=1S/C14H20N2O/c1-16-8-5-12(6-9-16)17-13-3-2-11-4-7-15-14(11)10-13/h2-3,10,12,15H,4-9H2,1H3. The number of likely N-dealkylation sites (tertiary alicyclic amines) is 1. The van der Waals surface area contributed by atoms with Crippen LogP contribution in [0.25, 0.3) is 0 Å². The fourth-order valence-corrected chi connectivity index (χ4v) is 2.64. The highest BCUT2D eigenvalue weighted by molar-refractivity contribution is 5.58. The summed E-state index contributed by atoms with van der Waals surface area (Å²) in [5.41, 5.74) is 2.68. The quantitative estimate of drug-likeness (QED) is 0.845. The van der Waals surface area contributed by atoms with E-state index in [1.54, 1.807) is 0 Å². The molecule has 0 aromatic heterocycles. The summed E-state index contributed by atoms with van der Waals surface area (Å²) in [6.07, 6.45) is 3.82. The van der Waals surface area contributed by atoms with Gasteiger partial charge in [-0.2, -0.15) is 0 Å². The normalized spacial score (nSPS) is 21.0. The average molecular weight is 232 g/mol. The van der Waals surface area contributed by atoms with Crippen LogP contribution < -0.4 is 10.1 Å². The van der Waals surface area contributed by atoms with Gasteiger partial charge in [0.25, 0.3) is 0 Å². The molecule has 0 unspecified atom stereocenters. The third-order valence-corrected chi connectivity index (χ3v) is 3.76. The molecular weight excluding hydrogens is 212 g/mol. The van der Waals surface area contributed by atoms with E-state index in [0.717, 1.165) is 44.6 Å². The second kappa shape index (κ2) is 4.57. The van der Waals surface area contributed by atoms with E-state index in [4.69, 9.17) is 4.74 Å². The van der Waals surface area contributed by atoms with Gasteiger partial charge < -0.3 is 15.0 Å². The summed E-state index contributed by atoms with van der Waals surface area (Å²) in [7, 11) is 2.18. The lowest BCUT2D eigenvalue weighted by atomic mass is 10.1. The number of hydrogen-bond donors (Lipinski definition) is 1. The zero-order valence-corrected chi connectivity index (χ0v) is 10.4. The van der Waals surface area contributed by atoms with Gasteiger partial charge in [0, 0.05) is 31.4 Å². The summed E-state index contributed by atoms with van der Waals surface area (Å²) in [4.78, 5) is 2.37. The van der Waals surface area contributed by atoms with Crippen LogP contribution in [0.5, 0.6) is 5.75 Å². The number of benzene rings is 1. The number of rotatable bonds is 2. The van der Waals surface area contributed by atoms with Gasteiger partial charge >= 0.3 is 0 Å². The smallest absolute Gasteiger partial charge is 0.121 e. The molecule has 1 aromatic carbocycles. The number of piperidine rings is 1. The SMILES string of the molecule is CN1CCC(Oc2ccc3c(c2)NCC3)CC1. The van der Waals surface area contributed by atoms with Crippen LogP contribution in [-0.2, 0) is 6.42 Å². The Morgan fingerprint density at radius 3 is 2.94 bits per heavy atom. The van der Waals surface area contributed by atoms with Crippen molar-refractivity contribution in [3.63, 3.8) is 0 Å². The van der Waals surface area contributed by atoms with Crippen molar-refractivity contribution in [1.82, 2.24) is 4.90 Å². The summed E-state index contributed by atoms with van der Waals surface area (Å²) < 4.78 is 6.06. The lowest BCUT2D eigenvalue weighted by Crippen LogP contribution is -2.35. The van der Waals surface area contributed by atoms with E-state index in [-0.39, 0.29) is 0 Å². The Morgan fingerprint density at radius 1 is 1.29 bits per heavy atom. The highest BCUT2D eigenvalue weighted by atomic mass is 16.5. The molecule has 0 amide bonds. The highest BCUT2D eigenvalue weighted by Crippen LogP contribution is 2.28. The van der Waals surface area contributed by atoms with Crippen LogP contribution in [-0.4, -0.2) is 37.7 Å². The molecule has 1 fully saturated rings. The number of fused-ring (bicyclic) bond motifs is 1. The molecule has 3 heteroatoms. The summed E-state index contributed by atoms with van der Waals surface area (Å²) in [5.74, 6) is 1.02. The largest absolute Gasteiger partial charge is 0.490 e. The maximum Gasteiger partial charge on any atom is 0.121 e. The molecule has 0 aliphatic carbocycles. The van der Waals surface area contributed by atoms with Crippen molar-refractivity contribution >= 4 is 5.69 Å². The van der Waals surface area contributed by atoms with E-state index in [9.17, 15) is 0 Å². The van der Waals surface area contributed by atoms with Crippen LogP contribution >= 0.6 is 0 Å². The second-order valence-corrected chi connectivity index (χ2v) is 5.12. The number of ether oxygens (including phenoxy) is 1. The van der Waals surface area contributed by atoms with E-state index in [1.807, 2.05) is 0 Å². The van der Waals surface area contributed by atoms with Crippen LogP contribution in [0.4, 0.5) is 5.69 Å². The number of anilines is 1. The van der Waals surface area contributed by atoms with Crippen molar-refractivity contribution in [2.24, 2.45) is 0 Å². The molecule has 0 spiro atoms. The molecule has 1 aromatic rings. The topological polar surface area (TPSA) is 24.5 Å². The van der Waals surface area contributed by atoms with Gasteiger partial charge in [-0.25, -0.2) is 0 Å². The van der Waals surface area contributed by atoms with Gasteiger partial charge in [0.2, 0.25) is 0 Å². The summed E-state index contributed by atoms with van der Waals surface area (Å²) in [5, 5.41) is 3.40. The lowest BCUT2D eigenvalue weighted by molar-refractivity contribution is 0.114. The Morgan fingerprint density at radius 2 is 2.12 bits per heavy atom. The lowest BCUT2D eigenvalue weighted by Gasteiger charge is -2.29. The first kappa shape index (κ1) is 10.9. The van der Waals surface area contributed by atoms with Gasteiger partial charge in [0.15, 0.2) is 0 Å². The fraction of sp³-hybridized carbons (Fsp3) is 0.571. The molecule has 1 N–H and O–H groups in total. The molecule has 2 heterocycles. The summed E-state index contributed by atoms with van der Waals surface area (Å²) >= 11 is 0. The van der Waals surface area contributed by atoms with Crippen molar-refractivity contribution in [2.75, 3.05) is 32.0 Å². The van der Waals surface area contributed by atoms with Gasteiger partial charge in [0.1, 0.15) is 11.9 Å². The van der Waals surface area contributed by atoms with Gasteiger partial charge in [-0.15, -0.1) is 0 Å². The minimum atomic E-state index is 0.394. The van der Waals surface area contributed by atoms with Crippen molar-refractivity contribution in [3.8, 4) is 5.75 Å². The van der Waals surface area contributed by atoms with Crippen molar-refractivity contribution < 1.29 is 4.74 Å². The summed E-state index contributed by atoms with van der Waals surface area (Å²) in [6.45, 7) is 3.36. The van der Waals surface area contributed by atoms with Crippen molar-refractivity contribution in [2.45, 2.75) is 25.4 Å². The average Bonchev–Trinajstić information content (AvgIpc) is 2.79. The van der Waals surface area contributed by atoms with E-state index < -0.39 is 0 Å². The van der Waals surface area contributed by atoms with Gasteiger partial charge in [-0.3, -0.25) is 0 Å². The first-order chi connectivity index (χ1) is 8.31. The van der Waals surface area contributed by atoms with Crippen LogP contribution in [0.15, 0.2) is 18.2 Å². The van der Waals surface area contributed by atoms with Crippen LogP contribution in [0, 0.1) is 0 Å². The first-order valence-corrected chi connectivity index (χ1v) is 6.53. The molecular formula is C14H20N2O. The Hall–Kier alpha value is -1.22. The molecule has 2 aliphatic heterocycles. The van der Waals surface area contributed by atoms with E-state index >= 15 is 0 Å². The molecule has 1 saturated heterocycles. The molecule has 3 nitrogen and oxygen atoms in total.